The van der Waals surface area contributed by atoms with E-state index in [1.165, 1.54) is 62.3 Å². The first kappa shape index (κ1) is 98.5. The van der Waals surface area contributed by atoms with Crippen molar-refractivity contribution in [1.82, 2.24) is 47.9 Å². The van der Waals surface area contributed by atoms with Crippen molar-refractivity contribution in [2.24, 2.45) is 81.3 Å². The molecule has 0 aliphatic heterocycles. The Hall–Kier alpha value is -7.07. The van der Waals surface area contributed by atoms with Gasteiger partial charge >= 0.3 is 18.0 Å². The van der Waals surface area contributed by atoms with Gasteiger partial charge in [0, 0.05) is 48.8 Å². The van der Waals surface area contributed by atoms with Gasteiger partial charge in [0.25, 0.3) is 0 Å². The molecule has 18 N–H and O–H groups in total. The molecule has 115 heavy (non-hydrogen) atoms. The van der Waals surface area contributed by atoms with Crippen LogP contribution in [-0.2, 0) is 73.7 Å². The van der Waals surface area contributed by atoms with Crippen molar-refractivity contribution in [3.8, 4) is 0 Å². The quantitative estimate of drug-likeness (QED) is 0.0281. The zero-order chi connectivity index (χ0) is 85.5. The van der Waals surface area contributed by atoms with Crippen molar-refractivity contribution < 1.29 is 86.0 Å². The maximum atomic E-state index is 14.5. The van der Waals surface area contributed by atoms with Crippen molar-refractivity contribution in [2.45, 2.75) is 271 Å². The molecule has 10 amide bonds. The van der Waals surface area contributed by atoms with Crippen LogP contribution < -0.4 is 65.1 Å². The van der Waals surface area contributed by atoms with Crippen molar-refractivity contribution in [1.29, 1.82) is 0 Å². The van der Waals surface area contributed by atoms with E-state index in [0.717, 1.165) is 61.1 Å². The van der Waals surface area contributed by atoms with Gasteiger partial charge in [-0.05, 0) is 153 Å². The molecule has 19 atom stereocenters. The van der Waals surface area contributed by atoms with E-state index in [0.29, 0.717) is 53.7 Å². The highest BCUT2D eigenvalue weighted by molar-refractivity contribution is 8.02. The summed E-state index contributed by atoms with van der Waals surface area (Å²) in [7, 11) is -3.52. The average Bonchev–Trinajstić information content (AvgIpc) is 1.66. The molecule has 0 bridgehead atoms. The summed E-state index contributed by atoms with van der Waals surface area (Å²) in [5.41, 5.74) is 20.0. The fraction of sp³-hybridized carbons (Fsp3) is 0.756. The fourth-order valence-corrected chi connectivity index (χ4v) is 21.4. The van der Waals surface area contributed by atoms with E-state index in [1.54, 1.807) is 71.9 Å². The number of carboxylic acid groups (broad SMARTS) is 2. The van der Waals surface area contributed by atoms with E-state index >= 15 is 0 Å². The third-order valence-electron chi connectivity index (χ3n) is 24.3. The molecule has 0 unspecified atom stereocenters. The highest BCUT2D eigenvalue weighted by atomic mass is 32.2. The Kier molecular flexibility index (Phi) is 41.2. The van der Waals surface area contributed by atoms with Crippen molar-refractivity contribution >= 4 is 105 Å². The van der Waals surface area contributed by atoms with Crippen molar-refractivity contribution in [2.75, 3.05) is 54.2 Å². The molecule has 0 saturated heterocycles. The molecular formula is C82H136N12O18S3. The number of unbranched alkanes of at least 4 members (excludes halogenated alkanes) is 1. The molecular weight excluding hydrogens is 1540 g/mol. The second-order valence-corrected chi connectivity index (χ2v) is 38.4. The van der Waals surface area contributed by atoms with Gasteiger partial charge in [-0.1, -0.05) is 150 Å². The number of nitrogens with two attached hydrogens (primary N) is 3. The number of thioether (sulfide) groups is 2. The summed E-state index contributed by atoms with van der Waals surface area (Å²) in [5.74, 6) is -8.10. The molecule has 5 rings (SSSR count). The normalized spacial score (nSPS) is 22.9. The van der Waals surface area contributed by atoms with E-state index in [2.05, 4.69) is 88.5 Å². The Balaban J connectivity index is 1.10. The molecule has 0 heterocycles. The van der Waals surface area contributed by atoms with E-state index in [4.69, 9.17) is 21.9 Å². The number of carbonyl (C=O) groups excluding carboxylic acids is 10. The number of aliphatic hydroxyl groups is 1. The lowest BCUT2D eigenvalue weighted by atomic mass is 9.47. The zero-order valence-corrected chi connectivity index (χ0v) is 72.0. The Morgan fingerprint density at radius 3 is 1.77 bits per heavy atom. The summed E-state index contributed by atoms with van der Waals surface area (Å²) in [6.45, 7) is 22.0. The zero-order valence-electron chi connectivity index (χ0n) is 69.6. The second kappa shape index (κ2) is 48.1. The summed E-state index contributed by atoms with van der Waals surface area (Å²) in [6, 6.07) is -5.41. The Morgan fingerprint density at radius 1 is 0.609 bits per heavy atom. The molecule has 650 valence electrons. The number of nitrogens with one attached hydrogen (secondary N) is 9. The van der Waals surface area contributed by atoms with Gasteiger partial charge in [-0.25, -0.2) is 18.0 Å². The molecule has 1 aromatic rings. The minimum atomic E-state index is -3.52. The third kappa shape index (κ3) is 31.0. The predicted octanol–water partition coefficient (Wildman–Crippen LogP) is 5.54. The number of alkyl carbamates (subject to hydrolysis) is 1. The molecule has 33 heteroatoms. The summed E-state index contributed by atoms with van der Waals surface area (Å²) in [5, 5.41) is 52.8. The van der Waals surface area contributed by atoms with E-state index in [1.807, 2.05) is 0 Å². The highest BCUT2D eigenvalue weighted by Crippen LogP contribution is 2.67. The lowest BCUT2D eigenvalue weighted by molar-refractivity contribution is -0.143. The number of carbonyl (C=O) groups is 12. The standard InChI is InChI=1S/C82H136N12O18S3/c1-12-50(7)69(77(105)90-64(45-67(85)96)75(103)89-63(43-53-22-15-14-16-23-53)74(102)88-62(29-30-68(97)98)73(101)87-61(24-17-18-35-83)72(100)91-65(79(107)108)42-49(5)6)94-78(106)70(51(8)13-2)93-76(104)66(46-95)92-71(99)60(84)47-114-39-41-115(110,111)40-38-113-37-36-86-80(109)112-55-31-33-81(10)54(44-55)25-26-56-58-28-27-57(52(9)21-19-20-48(3)4)82(58,11)34-32-59(56)81/h14-16,22-23,25,48-52,55-66,69-70,95H,12-13,17-21,24,26-47,83-84H2,1-11H3,(H2,85,96)(H,86,109)(H,87,101)(H,88,102)(H,89,103)(H,90,105)(H,91,100)(H,92,99)(H,93,104)(H,94,106)(H,97,98)(H,107,108)/t50-,51-,52+,55-,56-,57+,58-,59-,60-,61-,62-,63-,64-,65-,66-,69-,70-,81-,82+/m0/s1. The van der Waals surface area contributed by atoms with Gasteiger partial charge in [0.2, 0.25) is 53.2 Å². The van der Waals surface area contributed by atoms with Gasteiger partial charge < -0.3 is 85.1 Å². The van der Waals surface area contributed by atoms with Crippen LogP contribution in [0.1, 0.15) is 210 Å². The number of sulfone groups is 1. The van der Waals surface area contributed by atoms with Crippen LogP contribution in [0.25, 0.3) is 0 Å². The maximum absolute atomic E-state index is 14.5. The summed E-state index contributed by atoms with van der Waals surface area (Å²) in [4.78, 5) is 163. The molecule has 1 aromatic carbocycles. The molecule has 3 saturated carbocycles. The van der Waals surface area contributed by atoms with Gasteiger partial charge in [0.05, 0.1) is 30.6 Å². The molecule has 3 fully saturated rings. The summed E-state index contributed by atoms with van der Waals surface area (Å²) < 4.78 is 32.1. The maximum Gasteiger partial charge on any atom is 0.407 e. The van der Waals surface area contributed by atoms with Gasteiger partial charge in [-0.3, -0.25) is 47.9 Å². The first-order valence-corrected chi connectivity index (χ1v) is 45.7. The number of benzene rings is 1. The van der Waals surface area contributed by atoms with Crippen molar-refractivity contribution in [3.05, 3.63) is 47.5 Å². The topological polar surface area (TPSA) is 495 Å². The molecule has 4 aliphatic carbocycles. The second-order valence-electron chi connectivity index (χ2n) is 33.8. The van der Waals surface area contributed by atoms with Gasteiger partial charge in [0.1, 0.15) is 54.4 Å². The third-order valence-corrected chi connectivity index (χ3v) is 28.5. The number of fused-ring (bicyclic) bond motifs is 5. The van der Waals surface area contributed by atoms with Crippen LogP contribution in [0.5, 0.6) is 0 Å². The van der Waals surface area contributed by atoms with Crippen LogP contribution >= 0.6 is 23.5 Å². The lowest BCUT2D eigenvalue weighted by Crippen LogP contribution is -2.62. The molecule has 0 spiro atoms. The largest absolute Gasteiger partial charge is 0.481 e. The van der Waals surface area contributed by atoms with Crippen LogP contribution in [0.2, 0.25) is 0 Å². The first-order valence-electron chi connectivity index (χ1n) is 41.6. The SMILES string of the molecule is CC[C@H](C)[C@H](NC(=O)[C@H](CO)NC(=O)[C@@H](N)CSCCS(=O)(=O)CCSCCNC(=O)O[C@H]1CC[C@@]2(C)C(=CC[C@H]3[C@@H]4CC[C@H]([C@H](C)CCCC(C)C)[C@@]4(C)CC[C@@H]32)C1)C(=O)N[C@H](C(=O)N[C@@H](CC(N)=O)C(=O)N[C@@H](Cc1ccccc1)C(=O)N[C@@H](CCC(=O)O)C(=O)N[C@@H](CCCCN)C(=O)N[C@@H](CC(C)C)C(=O)O)[C@@H](C)CC. The van der Waals surface area contributed by atoms with Gasteiger partial charge in [-0.15, -0.1) is 0 Å². The number of aliphatic carboxylic acids is 2. The lowest BCUT2D eigenvalue weighted by Gasteiger charge is -2.58. The predicted molar refractivity (Wildman–Crippen MR) is 445 cm³/mol. The Morgan fingerprint density at radius 2 is 1.17 bits per heavy atom. The fourth-order valence-electron chi connectivity index (χ4n) is 17.2. The van der Waals surface area contributed by atoms with Gasteiger partial charge in [-0.2, -0.15) is 23.5 Å². The molecule has 0 aromatic heterocycles. The number of allylic oxidation sites excluding steroid dienone is 1. The number of hydrogen-bond donors (Lipinski definition) is 15. The van der Waals surface area contributed by atoms with Crippen molar-refractivity contribution in [3.63, 3.8) is 0 Å². The van der Waals surface area contributed by atoms with Crippen LogP contribution in [0.15, 0.2) is 42.0 Å². The number of ether oxygens (including phenoxy) is 1. The molecule has 0 radical (unpaired) electrons. The number of hydrogen-bond acceptors (Lipinski definition) is 20. The first-order chi connectivity index (χ1) is 54.3. The van der Waals surface area contributed by atoms with Crippen LogP contribution in [0, 0.1) is 64.1 Å². The number of carboxylic acids is 2. The monoisotopic (exact) mass is 1670 g/mol. The minimum Gasteiger partial charge on any atom is -0.481 e. The van der Waals surface area contributed by atoms with E-state index in [9.17, 15) is 81.3 Å². The summed E-state index contributed by atoms with van der Waals surface area (Å²) in [6.07, 6.45) is 13.8. The van der Waals surface area contributed by atoms with Crippen LogP contribution in [-0.4, -0.2) is 210 Å². The minimum absolute atomic E-state index is 0.0202. The number of rotatable bonds is 52. The molecule has 30 nitrogen and oxygen atoms in total. The Bertz CT molecular complexity index is 3540. The summed E-state index contributed by atoms with van der Waals surface area (Å²) >= 11 is 2.49. The number of aliphatic hydroxyl groups excluding tert-OH is 1. The highest BCUT2D eigenvalue weighted by Gasteiger charge is 2.59. The van der Waals surface area contributed by atoms with E-state index in [-0.39, 0.29) is 79.1 Å². The smallest absolute Gasteiger partial charge is 0.407 e. The average molecular weight is 1670 g/mol. The number of primary amides is 1. The van der Waals surface area contributed by atoms with Gasteiger partial charge in [0.15, 0.2) is 9.84 Å². The molecule has 4 aliphatic rings. The number of amides is 10. The van der Waals surface area contributed by atoms with Crippen LogP contribution in [0.4, 0.5) is 4.79 Å². The van der Waals surface area contributed by atoms with E-state index < -0.39 is 173 Å². The van der Waals surface area contributed by atoms with Crippen LogP contribution in [0.3, 0.4) is 0 Å². The Labute approximate surface area is 689 Å².